The number of aromatic nitrogens is 2. The Balaban J connectivity index is 1.37. The van der Waals surface area contributed by atoms with Gasteiger partial charge in [-0.25, -0.2) is 4.98 Å². The van der Waals surface area contributed by atoms with E-state index in [0.29, 0.717) is 0 Å². The van der Waals surface area contributed by atoms with Crippen LogP contribution < -0.4 is 26.2 Å². The van der Waals surface area contributed by atoms with Gasteiger partial charge in [-0.05, 0) is 88.0 Å². The smallest absolute Gasteiger partial charge is 0.252 e. The fourth-order valence-electron chi connectivity index (χ4n) is 8.32. The maximum Gasteiger partial charge on any atom is 0.252 e. The summed E-state index contributed by atoms with van der Waals surface area (Å²) in [4.78, 5) is 10.3. The Hall–Kier alpha value is -6.33. The number of nitrogens with zero attached hydrogens (tertiary/aromatic N) is 4. The number of hydrogen-bond acceptors (Lipinski definition) is 3. The summed E-state index contributed by atoms with van der Waals surface area (Å²) >= 11 is 0. The molecule has 0 saturated carbocycles. The molecule has 0 spiro atoms. The lowest BCUT2D eigenvalue weighted by Crippen LogP contribution is -2.60. The van der Waals surface area contributed by atoms with Gasteiger partial charge < -0.3 is 9.80 Å². The summed E-state index contributed by atoms with van der Waals surface area (Å²) in [6, 6.07) is 61.6. The number of anilines is 6. The standard InChI is InChI=1S/C47H37BN4/c1-47(2,3)33-27-28-38-41(29-33)51(36-23-14-7-15-24-36)42-30-37(50(34-19-10-5-11-20-34)35-21-12-6-13-22-35)31-43-44(42)48(38)39-25-16-26-40-45(39)52(43)46(49-40)32-17-8-4-9-18-32/h4-31H,1-3H3. The summed E-state index contributed by atoms with van der Waals surface area (Å²) in [5.41, 5.74) is 16.4. The predicted octanol–water partition coefficient (Wildman–Crippen LogP) is 10.1. The first-order valence-electron chi connectivity index (χ1n) is 18.1. The lowest BCUT2D eigenvalue weighted by molar-refractivity contribution is 0.590. The minimum atomic E-state index is -0.0160. The molecule has 4 nitrogen and oxygen atoms in total. The van der Waals surface area contributed by atoms with E-state index < -0.39 is 0 Å². The molecule has 0 atom stereocenters. The van der Waals surface area contributed by atoms with Gasteiger partial charge in [0.1, 0.15) is 5.82 Å². The molecule has 3 heterocycles. The highest BCUT2D eigenvalue weighted by Gasteiger charge is 2.43. The van der Waals surface area contributed by atoms with Crippen molar-refractivity contribution in [1.29, 1.82) is 0 Å². The van der Waals surface area contributed by atoms with Crippen molar-refractivity contribution >= 4 is 68.3 Å². The van der Waals surface area contributed by atoms with Crippen molar-refractivity contribution in [3.63, 3.8) is 0 Å². The summed E-state index contributed by atoms with van der Waals surface area (Å²) in [6.07, 6.45) is 0. The molecule has 0 aliphatic carbocycles. The van der Waals surface area contributed by atoms with Crippen LogP contribution in [0.2, 0.25) is 0 Å². The maximum absolute atomic E-state index is 5.38. The largest absolute Gasteiger partial charge is 0.311 e. The van der Waals surface area contributed by atoms with Crippen LogP contribution in [0.4, 0.5) is 34.1 Å². The van der Waals surface area contributed by atoms with E-state index in [4.69, 9.17) is 4.98 Å². The average Bonchev–Trinajstić information content (AvgIpc) is 3.58. The number of para-hydroxylation sites is 4. The predicted molar refractivity (Wildman–Crippen MR) is 219 cm³/mol. The Labute approximate surface area is 305 Å². The minimum absolute atomic E-state index is 0.0160. The first-order valence-corrected chi connectivity index (χ1v) is 18.1. The molecule has 0 unspecified atom stereocenters. The fraction of sp³-hybridized carbons (Fsp3) is 0.0851. The van der Waals surface area contributed by atoms with Crippen molar-refractivity contribution in [1.82, 2.24) is 9.55 Å². The normalized spacial score (nSPS) is 12.8. The van der Waals surface area contributed by atoms with Crippen LogP contribution in [0.1, 0.15) is 26.3 Å². The Bertz CT molecular complexity index is 2570. The molecular formula is C47H37BN4. The van der Waals surface area contributed by atoms with Crippen LogP contribution in [-0.4, -0.2) is 16.3 Å². The van der Waals surface area contributed by atoms with E-state index in [0.717, 1.165) is 45.3 Å². The third-order valence-electron chi connectivity index (χ3n) is 10.7. The minimum Gasteiger partial charge on any atom is -0.311 e. The summed E-state index contributed by atoms with van der Waals surface area (Å²) < 4.78 is 2.44. The maximum atomic E-state index is 5.38. The van der Waals surface area contributed by atoms with E-state index in [1.165, 1.54) is 38.8 Å². The van der Waals surface area contributed by atoms with Gasteiger partial charge in [0.25, 0.3) is 6.71 Å². The number of hydrogen-bond donors (Lipinski definition) is 0. The monoisotopic (exact) mass is 668 g/mol. The first kappa shape index (κ1) is 30.5. The molecule has 1 aromatic heterocycles. The molecular weight excluding hydrogens is 631 g/mol. The number of benzene rings is 7. The second kappa shape index (κ2) is 11.6. The zero-order valence-electron chi connectivity index (χ0n) is 29.5. The molecule has 0 N–H and O–H groups in total. The van der Waals surface area contributed by atoms with Crippen LogP contribution in [-0.2, 0) is 5.41 Å². The van der Waals surface area contributed by atoms with Crippen LogP contribution in [0.3, 0.4) is 0 Å². The molecule has 8 aromatic rings. The Morgan fingerprint density at radius 2 is 1.15 bits per heavy atom. The third-order valence-corrected chi connectivity index (χ3v) is 10.7. The Kier molecular flexibility index (Phi) is 6.81. The molecule has 52 heavy (non-hydrogen) atoms. The van der Waals surface area contributed by atoms with Gasteiger partial charge in [0.15, 0.2) is 0 Å². The number of rotatable bonds is 5. The average molecular weight is 669 g/mol. The quantitative estimate of drug-likeness (QED) is 0.171. The van der Waals surface area contributed by atoms with Crippen molar-refractivity contribution < 1.29 is 0 Å². The van der Waals surface area contributed by atoms with E-state index in [-0.39, 0.29) is 12.1 Å². The van der Waals surface area contributed by atoms with Gasteiger partial charge in [0, 0.05) is 39.7 Å². The number of imidazole rings is 1. The third kappa shape index (κ3) is 4.66. The highest BCUT2D eigenvalue weighted by molar-refractivity contribution is 7.00. The van der Waals surface area contributed by atoms with Crippen molar-refractivity contribution in [2.24, 2.45) is 0 Å². The summed E-state index contributed by atoms with van der Waals surface area (Å²) in [5.74, 6) is 0.951. The van der Waals surface area contributed by atoms with E-state index >= 15 is 0 Å². The van der Waals surface area contributed by atoms with Crippen molar-refractivity contribution in [2.45, 2.75) is 26.2 Å². The zero-order chi connectivity index (χ0) is 35.0. The second-order valence-corrected chi connectivity index (χ2v) is 14.9. The molecule has 0 radical (unpaired) electrons. The van der Waals surface area contributed by atoms with Gasteiger partial charge >= 0.3 is 0 Å². The van der Waals surface area contributed by atoms with Gasteiger partial charge in [-0.2, -0.15) is 0 Å². The summed E-state index contributed by atoms with van der Waals surface area (Å²) in [6.45, 7) is 6.94. The first-order chi connectivity index (χ1) is 25.5. The van der Waals surface area contributed by atoms with Crippen molar-refractivity contribution in [3.05, 3.63) is 175 Å². The molecule has 0 fully saturated rings. The molecule has 0 bridgehead atoms. The van der Waals surface area contributed by atoms with Crippen molar-refractivity contribution in [3.8, 4) is 17.1 Å². The molecule has 248 valence electrons. The van der Waals surface area contributed by atoms with Crippen LogP contribution in [0.15, 0.2) is 170 Å². The molecule has 2 aliphatic heterocycles. The van der Waals surface area contributed by atoms with Gasteiger partial charge in [0.2, 0.25) is 0 Å². The van der Waals surface area contributed by atoms with Crippen LogP contribution in [0, 0.1) is 0 Å². The Morgan fingerprint density at radius 1 is 0.538 bits per heavy atom. The SMILES string of the molecule is CC(C)(C)c1ccc2c(c1)N(c1ccccc1)c1cc(N(c3ccccc3)c3ccccc3)cc3c1B2c1cccc2nc(-c4ccccc4)n-3c12. The molecule has 0 saturated heterocycles. The van der Waals surface area contributed by atoms with Gasteiger partial charge in [-0.15, -0.1) is 0 Å². The van der Waals surface area contributed by atoms with Gasteiger partial charge in [-0.1, -0.05) is 130 Å². The topological polar surface area (TPSA) is 24.3 Å². The van der Waals surface area contributed by atoms with E-state index in [2.05, 4.69) is 205 Å². The van der Waals surface area contributed by atoms with Crippen LogP contribution in [0.5, 0.6) is 0 Å². The van der Waals surface area contributed by atoms with E-state index in [1.807, 2.05) is 0 Å². The lowest BCUT2D eigenvalue weighted by Gasteiger charge is -2.42. The van der Waals surface area contributed by atoms with Crippen LogP contribution in [0.25, 0.3) is 28.1 Å². The summed E-state index contributed by atoms with van der Waals surface area (Å²) in [5, 5.41) is 0. The summed E-state index contributed by atoms with van der Waals surface area (Å²) in [7, 11) is 0. The van der Waals surface area contributed by atoms with Gasteiger partial charge in [0.05, 0.1) is 16.7 Å². The van der Waals surface area contributed by atoms with Gasteiger partial charge in [-0.3, -0.25) is 4.57 Å². The van der Waals surface area contributed by atoms with Crippen LogP contribution >= 0.6 is 0 Å². The number of fused-ring (bicyclic) bond motifs is 4. The Morgan fingerprint density at radius 3 is 1.81 bits per heavy atom. The highest BCUT2D eigenvalue weighted by Crippen LogP contribution is 2.45. The molecule has 7 aromatic carbocycles. The van der Waals surface area contributed by atoms with E-state index in [9.17, 15) is 0 Å². The fourth-order valence-corrected chi connectivity index (χ4v) is 8.32. The molecule has 10 rings (SSSR count). The lowest BCUT2D eigenvalue weighted by atomic mass is 9.33. The zero-order valence-corrected chi connectivity index (χ0v) is 29.5. The van der Waals surface area contributed by atoms with E-state index in [1.54, 1.807) is 0 Å². The highest BCUT2D eigenvalue weighted by atomic mass is 15.2. The molecule has 5 heteroatoms. The van der Waals surface area contributed by atoms with Crippen molar-refractivity contribution in [2.75, 3.05) is 9.80 Å². The molecule has 2 aliphatic rings. The molecule has 0 amide bonds. The second-order valence-electron chi connectivity index (χ2n) is 14.9.